The number of halogens is 3. The summed E-state index contributed by atoms with van der Waals surface area (Å²) in [5, 5.41) is 14.4. The van der Waals surface area contributed by atoms with Crippen molar-refractivity contribution in [2.45, 2.75) is 18.8 Å². The average molecular weight is 566 g/mol. The van der Waals surface area contributed by atoms with Crippen molar-refractivity contribution in [2.75, 3.05) is 49.2 Å². The van der Waals surface area contributed by atoms with Crippen LogP contribution < -0.4 is 15.4 Å². The number of amides is 1. The Balaban J connectivity index is 1.18. The number of hydrogen-bond acceptors (Lipinski definition) is 8. The summed E-state index contributed by atoms with van der Waals surface area (Å²) in [6, 6.07) is 12.2. The third-order valence-electron chi connectivity index (χ3n) is 7.10. The lowest BCUT2D eigenvalue weighted by molar-refractivity contribution is -0.138. The summed E-state index contributed by atoms with van der Waals surface area (Å²) in [7, 11) is 0. The maximum absolute atomic E-state index is 13.8. The van der Waals surface area contributed by atoms with E-state index in [9.17, 15) is 22.8 Å². The molecule has 1 N–H and O–H groups in total. The third kappa shape index (κ3) is 6.07. The molecule has 3 aromatic rings. The lowest BCUT2D eigenvalue weighted by atomic mass is 10.1. The van der Waals surface area contributed by atoms with Crippen LogP contribution in [0.15, 0.2) is 65.7 Å². The number of aromatic nitrogens is 3. The van der Waals surface area contributed by atoms with Crippen molar-refractivity contribution in [1.29, 1.82) is 5.26 Å². The van der Waals surface area contributed by atoms with Gasteiger partial charge in [-0.2, -0.15) is 23.5 Å². The van der Waals surface area contributed by atoms with Crippen LogP contribution >= 0.6 is 0 Å². The highest BCUT2D eigenvalue weighted by Gasteiger charge is 2.41. The lowest BCUT2D eigenvalue weighted by Crippen LogP contribution is -2.48. The van der Waals surface area contributed by atoms with E-state index in [-0.39, 0.29) is 31.4 Å². The van der Waals surface area contributed by atoms with Gasteiger partial charge in [-0.3, -0.25) is 9.59 Å². The first kappa shape index (κ1) is 27.9. The SMILES string of the molecule is N#Cc1ccc(N2CCN(C(=O)/C=C/COC[C@@H]3c4ccccc4CN3c3cn[nH]c(=O)c3C(F)(F)F)CC2)nc1. The summed E-state index contributed by atoms with van der Waals surface area (Å²) in [6.07, 6.45) is 0.680. The van der Waals surface area contributed by atoms with Crippen molar-refractivity contribution in [3.05, 3.63) is 93.6 Å². The summed E-state index contributed by atoms with van der Waals surface area (Å²) in [6.45, 7) is 2.49. The summed E-state index contributed by atoms with van der Waals surface area (Å²) in [5.74, 6) is 0.582. The van der Waals surface area contributed by atoms with E-state index >= 15 is 0 Å². The number of aromatic amines is 1. The predicted octanol–water partition coefficient (Wildman–Crippen LogP) is 3.04. The minimum Gasteiger partial charge on any atom is -0.375 e. The van der Waals surface area contributed by atoms with E-state index < -0.39 is 23.3 Å². The smallest absolute Gasteiger partial charge is 0.375 e. The van der Waals surface area contributed by atoms with Gasteiger partial charge in [0.2, 0.25) is 5.91 Å². The minimum atomic E-state index is -4.86. The number of nitrogens with one attached hydrogen (secondary N) is 1. The Bertz CT molecular complexity index is 1520. The monoisotopic (exact) mass is 565 g/mol. The first-order valence-corrected chi connectivity index (χ1v) is 12.9. The van der Waals surface area contributed by atoms with Gasteiger partial charge in [-0.1, -0.05) is 30.3 Å². The van der Waals surface area contributed by atoms with E-state index in [2.05, 4.69) is 10.1 Å². The van der Waals surface area contributed by atoms with E-state index in [0.717, 1.165) is 23.1 Å². The molecule has 4 heterocycles. The standard InChI is InChI=1S/C28H26F3N7O3/c29-28(30,31)26-22(16-34-35-27(26)40)38-17-20-4-1-2-5-21(20)23(38)18-41-13-3-6-25(39)37-11-9-36(10-12-37)24-8-7-19(14-32)15-33-24/h1-8,15-16,23H,9-13,17-18H2,(H,35,40)/b6-3+/t23-/m1/s1. The van der Waals surface area contributed by atoms with Crippen LogP contribution in [0.3, 0.4) is 0 Å². The van der Waals surface area contributed by atoms with Crippen molar-refractivity contribution in [3.8, 4) is 6.07 Å². The molecule has 41 heavy (non-hydrogen) atoms. The molecule has 2 aliphatic rings. The fourth-order valence-electron chi connectivity index (χ4n) is 5.08. The number of piperazine rings is 1. The van der Waals surface area contributed by atoms with Gasteiger partial charge in [-0.15, -0.1) is 0 Å². The number of benzene rings is 1. The molecule has 1 fully saturated rings. The number of alkyl halides is 3. The normalized spacial score (nSPS) is 17.1. The first-order valence-electron chi connectivity index (χ1n) is 12.9. The zero-order chi connectivity index (χ0) is 29.0. The molecule has 2 aliphatic heterocycles. The second-order valence-electron chi connectivity index (χ2n) is 9.57. The van der Waals surface area contributed by atoms with E-state index in [4.69, 9.17) is 10.00 Å². The highest BCUT2D eigenvalue weighted by molar-refractivity contribution is 5.87. The van der Waals surface area contributed by atoms with Gasteiger partial charge in [-0.25, -0.2) is 10.1 Å². The van der Waals surface area contributed by atoms with Crippen LogP contribution in [0, 0.1) is 11.3 Å². The minimum absolute atomic E-state index is 0.0376. The molecule has 10 nitrogen and oxygen atoms in total. The van der Waals surface area contributed by atoms with Gasteiger partial charge in [0, 0.05) is 45.0 Å². The maximum Gasteiger partial charge on any atom is 0.423 e. The Morgan fingerprint density at radius 2 is 1.93 bits per heavy atom. The summed E-state index contributed by atoms with van der Waals surface area (Å²) < 4.78 is 47.1. The van der Waals surface area contributed by atoms with Crippen LogP contribution in [0.5, 0.6) is 0 Å². The molecule has 2 aromatic heterocycles. The Morgan fingerprint density at radius 3 is 2.63 bits per heavy atom. The van der Waals surface area contributed by atoms with Gasteiger partial charge in [0.25, 0.3) is 5.56 Å². The average Bonchev–Trinajstić information content (AvgIpc) is 3.34. The number of H-pyrrole nitrogens is 1. The number of ether oxygens (including phenoxy) is 1. The van der Waals surface area contributed by atoms with E-state index in [1.807, 2.05) is 28.2 Å². The number of anilines is 2. The quantitative estimate of drug-likeness (QED) is 0.343. The summed E-state index contributed by atoms with van der Waals surface area (Å²) >= 11 is 0. The number of nitriles is 1. The highest BCUT2D eigenvalue weighted by Crippen LogP contribution is 2.42. The number of rotatable bonds is 7. The maximum atomic E-state index is 13.8. The molecule has 0 unspecified atom stereocenters. The number of fused-ring (bicyclic) bond motifs is 1. The summed E-state index contributed by atoms with van der Waals surface area (Å²) in [4.78, 5) is 34.3. The summed E-state index contributed by atoms with van der Waals surface area (Å²) in [5.41, 5.74) is -0.802. The molecule has 1 saturated heterocycles. The zero-order valence-electron chi connectivity index (χ0n) is 21.8. The molecule has 0 bridgehead atoms. The van der Waals surface area contributed by atoms with Gasteiger partial charge in [0.1, 0.15) is 17.5 Å². The van der Waals surface area contributed by atoms with Gasteiger partial charge in [-0.05, 0) is 23.3 Å². The van der Waals surface area contributed by atoms with Crippen LogP contribution in [0.1, 0.15) is 28.3 Å². The third-order valence-corrected chi connectivity index (χ3v) is 7.10. The number of carbonyl (C=O) groups is 1. The Kier molecular flexibility index (Phi) is 8.02. The lowest BCUT2D eigenvalue weighted by Gasteiger charge is -2.34. The van der Waals surface area contributed by atoms with Crippen molar-refractivity contribution in [1.82, 2.24) is 20.1 Å². The van der Waals surface area contributed by atoms with Gasteiger partial charge >= 0.3 is 6.18 Å². The highest BCUT2D eigenvalue weighted by atomic mass is 19.4. The molecule has 5 rings (SSSR count). The fraction of sp³-hybridized carbons (Fsp3) is 0.321. The molecule has 1 atom stereocenters. The Morgan fingerprint density at radius 1 is 1.15 bits per heavy atom. The van der Waals surface area contributed by atoms with E-state index in [0.29, 0.717) is 31.7 Å². The largest absolute Gasteiger partial charge is 0.423 e. The number of carbonyl (C=O) groups excluding carboxylic acids is 1. The van der Waals surface area contributed by atoms with Crippen LogP contribution in [0.2, 0.25) is 0 Å². The van der Waals surface area contributed by atoms with Gasteiger partial charge in [0.15, 0.2) is 0 Å². The van der Waals surface area contributed by atoms with Gasteiger partial charge < -0.3 is 19.4 Å². The van der Waals surface area contributed by atoms with Crippen LogP contribution in [0.25, 0.3) is 0 Å². The molecular weight excluding hydrogens is 539 g/mol. The van der Waals surface area contributed by atoms with E-state index in [1.165, 1.54) is 17.2 Å². The number of nitrogens with zero attached hydrogens (tertiary/aromatic N) is 6. The molecule has 0 saturated carbocycles. The predicted molar refractivity (Wildman–Crippen MR) is 143 cm³/mol. The molecule has 1 amide bonds. The van der Waals surface area contributed by atoms with Gasteiger partial charge in [0.05, 0.1) is 36.7 Å². The molecule has 0 spiro atoms. The molecule has 0 aliphatic carbocycles. The molecule has 13 heteroatoms. The number of pyridine rings is 1. The Labute approximate surface area is 233 Å². The van der Waals surface area contributed by atoms with Crippen LogP contribution in [-0.4, -0.2) is 65.4 Å². The molecule has 1 aromatic carbocycles. The Hall–Kier alpha value is -4.70. The van der Waals surface area contributed by atoms with Crippen molar-refractivity contribution < 1.29 is 22.7 Å². The second kappa shape index (κ2) is 11.8. The van der Waals surface area contributed by atoms with Crippen LogP contribution in [0.4, 0.5) is 24.7 Å². The van der Waals surface area contributed by atoms with Crippen LogP contribution in [-0.2, 0) is 22.3 Å². The molecule has 212 valence electrons. The van der Waals surface area contributed by atoms with Crippen molar-refractivity contribution >= 4 is 17.4 Å². The fourth-order valence-corrected chi connectivity index (χ4v) is 5.08. The number of hydrogen-bond donors (Lipinski definition) is 1. The molecular formula is C28H26F3N7O3. The first-order chi connectivity index (χ1) is 19.8. The van der Waals surface area contributed by atoms with Crippen molar-refractivity contribution in [3.63, 3.8) is 0 Å². The molecule has 0 radical (unpaired) electrons. The zero-order valence-corrected chi connectivity index (χ0v) is 21.8. The second-order valence-corrected chi connectivity index (χ2v) is 9.57. The van der Waals surface area contributed by atoms with E-state index in [1.54, 1.807) is 35.2 Å². The topological polar surface area (TPSA) is 118 Å². The van der Waals surface area contributed by atoms with Crippen molar-refractivity contribution in [2.24, 2.45) is 0 Å².